The highest BCUT2D eigenvalue weighted by molar-refractivity contribution is 7.89. The van der Waals surface area contributed by atoms with Gasteiger partial charge in [-0.3, -0.25) is 4.79 Å². The minimum atomic E-state index is -3.66. The van der Waals surface area contributed by atoms with Gasteiger partial charge < -0.3 is 10.1 Å². The zero-order valence-electron chi connectivity index (χ0n) is 17.1. The molecule has 156 valence electrons. The first-order chi connectivity index (χ1) is 13.8. The highest BCUT2D eigenvalue weighted by Gasteiger charge is 2.28. The highest BCUT2D eigenvalue weighted by atomic mass is 32.2. The summed E-state index contributed by atoms with van der Waals surface area (Å²) in [5.74, 6) is -0.0917. The number of hydrogen-bond acceptors (Lipinski definition) is 4. The number of aryl methyl sites for hydroxylation is 1. The van der Waals surface area contributed by atoms with Crippen molar-refractivity contribution in [2.45, 2.75) is 31.7 Å². The average Bonchev–Trinajstić information content (AvgIpc) is 2.73. The van der Waals surface area contributed by atoms with E-state index in [1.54, 1.807) is 12.1 Å². The number of amides is 1. The first-order valence-corrected chi connectivity index (χ1v) is 11.3. The van der Waals surface area contributed by atoms with Crippen LogP contribution in [0, 0.1) is 12.8 Å². The molecule has 1 heterocycles. The van der Waals surface area contributed by atoms with Crippen molar-refractivity contribution in [2.75, 3.05) is 26.3 Å². The number of rotatable bonds is 6. The smallest absolute Gasteiger partial charge is 0.252 e. The van der Waals surface area contributed by atoms with E-state index in [-0.39, 0.29) is 22.8 Å². The molecule has 0 aliphatic carbocycles. The SMILES string of the molecule is Cc1ccc(S(=O)(=O)N2CCOCC2)cc1C(=O)N[C@H](c1ccccc1)C(C)C. The molecule has 1 atom stereocenters. The van der Waals surface area contributed by atoms with Gasteiger partial charge in [-0.1, -0.05) is 50.2 Å². The van der Waals surface area contributed by atoms with Gasteiger partial charge in [0.1, 0.15) is 0 Å². The number of benzene rings is 2. The molecule has 1 fully saturated rings. The molecule has 2 aromatic carbocycles. The van der Waals surface area contributed by atoms with Crippen LogP contribution in [0.3, 0.4) is 0 Å². The van der Waals surface area contributed by atoms with E-state index in [2.05, 4.69) is 5.32 Å². The second kappa shape index (κ2) is 9.07. The minimum Gasteiger partial charge on any atom is -0.379 e. The van der Waals surface area contributed by atoms with Crippen LogP contribution in [-0.2, 0) is 14.8 Å². The third-order valence-electron chi connectivity index (χ3n) is 5.17. The van der Waals surface area contributed by atoms with Crippen molar-refractivity contribution < 1.29 is 17.9 Å². The Morgan fingerprint density at radius 2 is 1.72 bits per heavy atom. The number of nitrogens with one attached hydrogen (secondary N) is 1. The Bertz CT molecular complexity index is 952. The molecule has 0 spiro atoms. The molecular formula is C22H28N2O4S. The Morgan fingerprint density at radius 3 is 2.34 bits per heavy atom. The van der Waals surface area contributed by atoms with E-state index in [0.29, 0.717) is 31.9 Å². The van der Waals surface area contributed by atoms with Gasteiger partial charge in [0, 0.05) is 18.7 Å². The standard InChI is InChI=1S/C22H28N2O4S/c1-16(2)21(18-7-5-4-6-8-18)23-22(25)20-15-19(10-9-17(20)3)29(26,27)24-11-13-28-14-12-24/h4-10,15-16,21H,11-14H2,1-3H3,(H,23,25)/t21-/m0/s1. The Labute approximate surface area is 172 Å². The van der Waals surface area contributed by atoms with Crippen molar-refractivity contribution in [3.05, 3.63) is 65.2 Å². The van der Waals surface area contributed by atoms with Crippen LogP contribution in [0.2, 0.25) is 0 Å². The number of nitrogens with zero attached hydrogens (tertiary/aromatic N) is 1. The lowest BCUT2D eigenvalue weighted by Gasteiger charge is -2.26. The van der Waals surface area contributed by atoms with Gasteiger partial charge in [0.2, 0.25) is 10.0 Å². The minimum absolute atomic E-state index is 0.135. The van der Waals surface area contributed by atoms with E-state index in [1.807, 2.05) is 51.1 Å². The fraction of sp³-hybridized carbons (Fsp3) is 0.409. The van der Waals surface area contributed by atoms with Crippen LogP contribution in [0.4, 0.5) is 0 Å². The molecule has 1 aliphatic heterocycles. The van der Waals surface area contributed by atoms with Gasteiger partial charge in [-0.25, -0.2) is 8.42 Å². The van der Waals surface area contributed by atoms with Crippen LogP contribution in [-0.4, -0.2) is 44.9 Å². The maximum atomic E-state index is 13.1. The number of sulfonamides is 1. The third kappa shape index (κ3) is 4.86. The topological polar surface area (TPSA) is 75.7 Å². The highest BCUT2D eigenvalue weighted by Crippen LogP contribution is 2.24. The summed E-state index contributed by atoms with van der Waals surface area (Å²) in [4.78, 5) is 13.2. The lowest BCUT2D eigenvalue weighted by atomic mass is 9.95. The Morgan fingerprint density at radius 1 is 1.07 bits per heavy atom. The Kier molecular flexibility index (Phi) is 6.72. The molecular weight excluding hydrogens is 388 g/mol. The van der Waals surface area contributed by atoms with Crippen LogP contribution in [0.1, 0.15) is 41.4 Å². The van der Waals surface area contributed by atoms with Crippen LogP contribution in [0.15, 0.2) is 53.4 Å². The van der Waals surface area contributed by atoms with Crippen molar-refractivity contribution in [2.24, 2.45) is 5.92 Å². The van der Waals surface area contributed by atoms with Crippen molar-refractivity contribution in [3.8, 4) is 0 Å². The van der Waals surface area contributed by atoms with Gasteiger partial charge in [0.05, 0.1) is 24.2 Å². The number of hydrogen-bond donors (Lipinski definition) is 1. The molecule has 0 radical (unpaired) electrons. The monoisotopic (exact) mass is 416 g/mol. The number of ether oxygens (including phenoxy) is 1. The molecule has 1 amide bonds. The first-order valence-electron chi connectivity index (χ1n) is 9.85. The molecule has 1 saturated heterocycles. The molecule has 29 heavy (non-hydrogen) atoms. The zero-order valence-corrected chi connectivity index (χ0v) is 17.9. The number of morpholine rings is 1. The molecule has 0 saturated carbocycles. The second-order valence-electron chi connectivity index (χ2n) is 7.60. The van der Waals surface area contributed by atoms with E-state index in [9.17, 15) is 13.2 Å². The molecule has 0 aromatic heterocycles. The molecule has 6 nitrogen and oxygen atoms in total. The summed E-state index contributed by atoms with van der Waals surface area (Å²) in [5, 5.41) is 3.08. The van der Waals surface area contributed by atoms with Gasteiger partial charge in [0.15, 0.2) is 0 Å². The third-order valence-corrected chi connectivity index (χ3v) is 7.07. The van der Waals surface area contributed by atoms with Gasteiger partial charge in [-0.15, -0.1) is 0 Å². The molecule has 1 N–H and O–H groups in total. The summed E-state index contributed by atoms with van der Waals surface area (Å²) >= 11 is 0. The van der Waals surface area contributed by atoms with Gasteiger partial charge >= 0.3 is 0 Å². The van der Waals surface area contributed by atoms with E-state index >= 15 is 0 Å². The summed E-state index contributed by atoms with van der Waals surface area (Å²) < 4.78 is 32.6. The van der Waals surface area contributed by atoms with E-state index in [4.69, 9.17) is 4.74 Å². The summed E-state index contributed by atoms with van der Waals surface area (Å²) in [6.07, 6.45) is 0. The molecule has 0 bridgehead atoms. The van der Waals surface area contributed by atoms with Crippen molar-refractivity contribution in [1.29, 1.82) is 0 Å². The van der Waals surface area contributed by atoms with Crippen LogP contribution < -0.4 is 5.32 Å². The number of carbonyl (C=O) groups excluding carboxylic acids is 1. The lowest BCUT2D eigenvalue weighted by molar-refractivity contribution is 0.0730. The Hall–Kier alpha value is -2.22. The summed E-state index contributed by atoms with van der Waals surface area (Å²) in [5.41, 5.74) is 2.13. The summed E-state index contributed by atoms with van der Waals surface area (Å²) in [6, 6.07) is 14.4. The molecule has 1 aliphatic rings. The van der Waals surface area contributed by atoms with Crippen molar-refractivity contribution in [3.63, 3.8) is 0 Å². The van der Waals surface area contributed by atoms with Crippen molar-refractivity contribution in [1.82, 2.24) is 9.62 Å². The van der Waals surface area contributed by atoms with Crippen LogP contribution >= 0.6 is 0 Å². The van der Waals surface area contributed by atoms with Gasteiger partial charge in [-0.05, 0) is 36.1 Å². The summed E-state index contributed by atoms with van der Waals surface area (Å²) in [6.45, 7) is 7.31. The molecule has 2 aromatic rings. The van der Waals surface area contributed by atoms with Gasteiger partial charge in [0.25, 0.3) is 5.91 Å². The predicted octanol–water partition coefficient (Wildman–Crippen LogP) is 3.14. The summed E-state index contributed by atoms with van der Waals surface area (Å²) in [7, 11) is -3.66. The largest absolute Gasteiger partial charge is 0.379 e. The quantitative estimate of drug-likeness (QED) is 0.785. The van der Waals surface area contributed by atoms with E-state index in [1.165, 1.54) is 10.4 Å². The van der Waals surface area contributed by atoms with E-state index < -0.39 is 10.0 Å². The zero-order chi connectivity index (χ0) is 21.0. The molecule has 3 rings (SSSR count). The maximum Gasteiger partial charge on any atom is 0.252 e. The second-order valence-corrected chi connectivity index (χ2v) is 9.54. The fourth-order valence-corrected chi connectivity index (χ4v) is 4.89. The first kappa shape index (κ1) is 21.5. The van der Waals surface area contributed by atoms with Crippen LogP contribution in [0.25, 0.3) is 0 Å². The van der Waals surface area contributed by atoms with Crippen molar-refractivity contribution >= 4 is 15.9 Å². The lowest BCUT2D eigenvalue weighted by Crippen LogP contribution is -2.40. The molecule has 0 unspecified atom stereocenters. The van der Waals surface area contributed by atoms with Crippen LogP contribution in [0.5, 0.6) is 0 Å². The van der Waals surface area contributed by atoms with Gasteiger partial charge in [-0.2, -0.15) is 4.31 Å². The average molecular weight is 417 g/mol. The predicted molar refractivity (Wildman–Crippen MR) is 112 cm³/mol. The Balaban J connectivity index is 1.88. The molecule has 7 heteroatoms. The van der Waals surface area contributed by atoms with E-state index in [0.717, 1.165) is 11.1 Å². The maximum absolute atomic E-state index is 13.1. The normalized spacial score (nSPS) is 16.6. The fourth-order valence-electron chi connectivity index (χ4n) is 3.46. The number of carbonyl (C=O) groups is 1.